The van der Waals surface area contributed by atoms with Crippen molar-refractivity contribution < 1.29 is 4.52 Å². The van der Waals surface area contributed by atoms with Gasteiger partial charge in [-0.15, -0.1) is 0 Å². The van der Waals surface area contributed by atoms with Gasteiger partial charge in [0.25, 0.3) is 0 Å². The zero-order valence-corrected chi connectivity index (χ0v) is 19.5. The Kier molecular flexibility index (Phi) is 7.56. The first kappa shape index (κ1) is 22.2. The molecular weight excluding hydrogens is 388 g/mol. The molecular formula is C24H38N6O. The number of anilines is 1. The Morgan fingerprint density at radius 1 is 1.03 bits per heavy atom. The number of likely N-dealkylation sites (tertiary alicyclic amines) is 1. The van der Waals surface area contributed by atoms with E-state index in [-0.39, 0.29) is 0 Å². The van der Waals surface area contributed by atoms with Crippen molar-refractivity contribution in [2.45, 2.75) is 71.4 Å². The molecule has 7 nitrogen and oxygen atoms in total. The molecule has 2 fully saturated rings. The number of aromatic nitrogens is 3. The summed E-state index contributed by atoms with van der Waals surface area (Å²) in [6, 6.07) is 7.59. The summed E-state index contributed by atoms with van der Waals surface area (Å²) in [5.41, 5.74) is 0.794. The number of piperidine rings is 1. The molecule has 2 aliphatic heterocycles. The maximum atomic E-state index is 5.35. The minimum Gasteiger partial charge on any atom is -0.355 e. The van der Waals surface area contributed by atoms with Crippen LogP contribution in [-0.4, -0.2) is 76.3 Å². The summed E-state index contributed by atoms with van der Waals surface area (Å²) in [6.45, 7) is 13.6. The number of hydrogen-bond donors (Lipinski definition) is 0. The van der Waals surface area contributed by atoms with Gasteiger partial charge in [0, 0.05) is 44.7 Å². The van der Waals surface area contributed by atoms with E-state index in [0.29, 0.717) is 11.7 Å². The highest BCUT2D eigenvalue weighted by Gasteiger charge is 2.28. The summed E-state index contributed by atoms with van der Waals surface area (Å²) in [4.78, 5) is 17.2. The molecule has 0 radical (unpaired) electrons. The van der Waals surface area contributed by atoms with Crippen LogP contribution in [0.15, 0.2) is 22.7 Å². The molecule has 0 N–H and O–H groups in total. The van der Waals surface area contributed by atoms with Gasteiger partial charge in [-0.25, -0.2) is 4.98 Å². The van der Waals surface area contributed by atoms with Crippen LogP contribution in [0.2, 0.25) is 0 Å². The van der Waals surface area contributed by atoms with E-state index in [1.165, 1.54) is 45.3 Å². The Morgan fingerprint density at radius 3 is 2.65 bits per heavy atom. The van der Waals surface area contributed by atoms with Gasteiger partial charge in [0.1, 0.15) is 11.5 Å². The van der Waals surface area contributed by atoms with Gasteiger partial charge in [0.05, 0.1) is 0 Å². The second kappa shape index (κ2) is 10.6. The van der Waals surface area contributed by atoms with Gasteiger partial charge in [-0.1, -0.05) is 25.1 Å². The molecule has 0 aliphatic carbocycles. The van der Waals surface area contributed by atoms with Crippen LogP contribution in [0.1, 0.15) is 58.8 Å². The van der Waals surface area contributed by atoms with Crippen LogP contribution in [-0.2, 0) is 6.42 Å². The third-order valence-corrected chi connectivity index (χ3v) is 6.98. The number of rotatable bonds is 7. The summed E-state index contributed by atoms with van der Waals surface area (Å²) >= 11 is 0. The highest BCUT2D eigenvalue weighted by molar-refractivity contribution is 5.53. The lowest BCUT2D eigenvalue weighted by molar-refractivity contribution is 0.0906. The molecule has 2 aromatic rings. The molecule has 1 unspecified atom stereocenters. The third kappa shape index (κ3) is 5.44. The van der Waals surface area contributed by atoms with Crippen molar-refractivity contribution in [2.24, 2.45) is 0 Å². The average Bonchev–Trinajstić information content (AvgIpc) is 3.14. The molecule has 0 bridgehead atoms. The van der Waals surface area contributed by atoms with Crippen molar-refractivity contribution in [3.63, 3.8) is 0 Å². The molecule has 2 aliphatic rings. The summed E-state index contributed by atoms with van der Waals surface area (Å²) in [7, 11) is 0. The maximum Gasteiger partial charge on any atom is 0.226 e. The Balaban J connectivity index is 1.36. The van der Waals surface area contributed by atoms with Gasteiger partial charge in [-0.2, -0.15) is 4.98 Å². The van der Waals surface area contributed by atoms with E-state index in [9.17, 15) is 0 Å². The molecule has 4 rings (SSSR count). The maximum absolute atomic E-state index is 5.35. The Morgan fingerprint density at radius 2 is 1.87 bits per heavy atom. The average molecular weight is 427 g/mol. The smallest absolute Gasteiger partial charge is 0.226 e. The van der Waals surface area contributed by atoms with E-state index in [0.717, 1.165) is 56.1 Å². The number of aryl methyl sites for hydroxylation is 1. The van der Waals surface area contributed by atoms with Crippen LogP contribution in [0, 0.1) is 0 Å². The Labute approximate surface area is 186 Å². The van der Waals surface area contributed by atoms with Gasteiger partial charge >= 0.3 is 0 Å². The normalized spacial score (nSPS) is 20.7. The highest BCUT2D eigenvalue weighted by atomic mass is 16.5. The Bertz CT molecular complexity index is 816. The van der Waals surface area contributed by atoms with E-state index in [4.69, 9.17) is 9.51 Å². The van der Waals surface area contributed by atoms with Gasteiger partial charge in [-0.05, 0) is 64.3 Å². The zero-order valence-electron chi connectivity index (χ0n) is 19.5. The predicted molar refractivity (Wildman–Crippen MR) is 124 cm³/mol. The lowest BCUT2D eigenvalue weighted by Gasteiger charge is -2.40. The fraction of sp³-hybridized carbons (Fsp3) is 0.708. The molecule has 0 spiro atoms. The van der Waals surface area contributed by atoms with E-state index in [2.05, 4.69) is 57.7 Å². The van der Waals surface area contributed by atoms with Crippen molar-refractivity contribution in [1.29, 1.82) is 0 Å². The van der Waals surface area contributed by atoms with Crippen molar-refractivity contribution in [2.75, 3.05) is 44.2 Å². The molecule has 31 heavy (non-hydrogen) atoms. The standard InChI is InChI=1S/C24H38N6O/c1-4-8-23-26-24(27-31-23)21-9-6-10-22(25-21)30-14-7-13-29(17-18-30)20-11-15-28(16-12-20)19(3)5-2/h6,9-10,19-20H,4-5,7-8,11-18H2,1-3H3. The zero-order chi connectivity index (χ0) is 21.6. The first-order chi connectivity index (χ1) is 15.2. The topological polar surface area (TPSA) is 61.5 Å². The van der Waals surface area contributed by atoms with Crippen molar-refractivity contribution >= 4 is 5.82 Å². The van der Waals surface area contributed by atoms with Crippen molar-refractivity contribution in [3.05, 3.63) is 24.1 Å². The second-order valence-corrected chi connectivity index (χ2v) is 9.04. The molecule has 2 aromatic heterocycles. The third-order valence-electron chi connectivity index (χ3n) is 6.98. The summed E-state index contributed by atoms with van der Waals surface area (Å²) in [6.07, 6.45) is 6.84. The van der Waals surface area contributed by atoms with E-state index < -0.39 is 0 Å². The molecule has 4 heterocycles. The van der Waals surface area contributed by atoms with Crippen LogP contribution in [0.25, 0.3) is 11.5 Å². The largest absolute Gasteiger partial charge is 0.355 e. The summed E-state index contributed by atoms with van der Waals surface area (Å²) in [5, 5.41) is 4.13. The predicted octanol–water partition coefficient (Wildman–Crippen LogP) is 3.86. The van der Waals surface area contributed by atoms with Crippen LogP contribution in [0.5, 0.6) is 0 Å². The van der Waals surface area contributed by atoms with Crippen molar-refractivity contribution in [3.8, 4) is 11.5 Å². The Hall–Kier alpha value is -1.99. The molecule has 170 valence electrons. The molecule has 0 saturated carbocycles. The van der Waals surface area contributed by atoms with E-state index in [1.54, 1.807) is 0 Å². The highest BCUT2D eigenvalue weighted by Crippen LogP contribution is 2.23. The lowest BCUT2D eigenvalue weighted by Crippen LogP contribution is -2.48. The van der Waals surface area contributed by atoms with Crippen molar-refractivity contribution in [1.82, 2.24) is 24.9 Å². The number of pyridine rings is 1. The van der Waals surface area contributed by atoms with Gasteiger partial charge < -0.3 is 14.3 Å². The lowest BCUT2D eigenvalue weighted by atomic mass is 10.0. The number of nitrogens with zero attached hydrogens (tertiary/aromatic N) is 6. The van der Waals surface area contributed by atoms with Crippen LogP contribution in [0.4, 0.5) is 5.82 Å². The quantitative estimate of drug-likeness (QED) is 0.666. The van der Waals surface area contributed by atoms with E-state index >= 15 is 0 Å². The monoisotopic (exact) mass is 426 g/mol. The molecule has 1 atom stereocenters. The van der Waals surface area contributed by atoms with Gasteiger partial charge in [0.2, 0.25) is 11.7 Å². The fourth-order valence-electron chi connectivity index (χ4n) is 4.88. The SMILES string of the molecule is CCCc1nc(-c2cccc(N3CCCN(C4CCN(C(C)CC)CC4)CC3)n2)no1. The molecule has 7 heteroatoms. The molecule has 2 saturated heterocycles. The van der Waals surface area contributed by atoms with Crippen LogP contribution in [0.3, 0.4) is 0 Å². The van der Waals surface area contributed by atoms with Crippen LogP contribution < -0.4 is 4.90 Å². The fourth-order valence-corrected chi connectivity index (χ4v) is 4.88. The van der Waals surface area contributed by atoms with Gasteiger partial charge in [0.15, 0.2) is 0 Å². The van der Waals surface area contributed by atoms with E-state index in [1.807, 2.05) is 6.07 Å². The van der Waals surface area contributed by atoms with Crippen LogP contribution >= 0.6 is 0 Å². The summed E-state index contributed by atoms with van der Waals surface area (Å²) in [5.74, 6) is 2.30. The molecule has 0 aromatic carbocycles. The minimum absolute atomic E-state index is 0.592. The minimum atomic E-state index is 0.592. The second-order valence-electron chi connectivity index (χ2n) is 9.04. The summed E-state index contributed by atoms with van der Waals surface area (Å²) < 4.78 is 5.35. The first-order valence-corrected chi connectivity index (χ1v) is 12.2. The first-order valence-electron chi connectivity index (χ1n) is 12.2. The number of hydrogen-bond acceptors (Lipinski definition) is 7. The van der Waals surface area contributed by atoms with Gasteiger partial charge in [-0.3, -0.25) is 4.90 Å². The molecule has 0 amide bonds.